The Morgan fingerprint density at radius 2 is 1.81 bits per heavy atom. The van der Waals surface area contributed by atoms with Crippen molar-refractivity contribution in [2.45, 2.75) is 32.5 Å². The number of halogens is 3. The zero-order valence-corrected chi connectivity index (χ0v) is 17.5. The molecule has 0 radical (unpaired) electrons. The van der Waals surface area contributed by atoms with Gasteiger partial charge in [0.15, 0.2) is 5.78 Å². The maximum Gasteiger partial charge on any atom is 0.421 e. The van der Waals surface area contributed by atoms with Crippen molar-refractivity contribution in [3.63, 3.8) is 0 Å². The number of aromatic amines is 1. The molecule has 1 aliphatic rings. The number of carbonyl (C=O) groups excluding carboxylic acids is 2. The van der Waals surface area contributed by atoms with Crippen LogP contribution in [-0.2, 0) is 17.3 Å². The van der Waals surface area contributed by atoms with E-state index < -0.39 is 29.5 Å². The third kappa shape index (κ3) is 5.62. The number of rotatable bonds is 5. The van der Waals surface area contributed by atoms with Crippen LogP contribution in [0.4, 0.5) is 23.9 Å². The number of hydrogen-bond acceptors (Lipinski definition) is 7. The van der Waals surface area contributed by atoms with Gasteiger partial charge in [-0.1, -0.05) is 0 Å². The van der Waals surface area contributed by atoms with Crippen molar-refractivity contribution >= 4 is 17.8 Å². The lowest BCUT2D eigenvalue weighted by atomic mass is 10.1. The first-order valence-electron chi connectivity index (χ1n) is 9.87. The Morgan fingerprint density at radius 3 is 2.38 bits per heavy atom. The van der Waals surface area contributed by atoms with Crippen molar-refractivity contribution in [1.82, 2.24) is 19.9 Å². The summed E-state index contributed by atoms with van der Waals surface area (Å²) in [6, 6.07) is 0.763. The molecule has 32 heavy (non-hydrogen) atoms. The number of hydrogen-bond donors (Lipinski definition) is 1. The van der Waals surface area contributed by atoms with Gasteiger partial charge < -0.3 is 19.5 Å². The Morgan fingerprint density at radius 1 is 1.19 bits per heavy atom. The molecule has 3 heterocycles. The minimum absolute atomic E-state index is 0.0158. The minimum atomic E-state index is -4.76. The van der Waals surface area contributed by atoms with Crippen molar-refractivity contribution in [1.29, 1.82) is 0 Å². The van der Waals surface area contributed by atoms with Gasteiger partial charge in [-0.25, -0.2) is 14.8 Å². The summed E-state index contributed by atoms with van der Waals surface area (Å²) < 4.78 is 44.0. The highest BCUT2D eigenvalue weighted by Gasteiger charge is 2.34. The predicted molar refractivity (Wildman–Crippen MR) is 108 cm³/mol. The summed E-state index contributed by atoms with van der Waals surface area (Å²) in [5.74, 6) is 0.324. The van der Waals surface area contributed by atoms with E-state index in [2.05, 4.69) is 15.0 Å². The zero-order valence-electron chi connectivity index (χ0n) is 17.5. The number of amides is 1. The monoisotopic (exact) mass is 453 g/mol. The average molecular weight is 453 g/mol. The molecule has 1 fully saturated rings. The summed E-state index contributed by atoms with van der Waals surface area (Å²) in [6.07, 6.45) is -1.94. The van der Waals surface area contributed by atoms with E-state index in [0.717, 1.165) is 6.07 Å². The smallest absolute Gasteiger partial charge is 0.421 e. The molecule has 0 saturated carbocycles. The van der Waals surface area contributed by atoms with Crippen LogP contribution in [0, 0.1) is 0 Å². The maximum absolute atomic E-state index is 12.9. The zero-order chi connectivity index (χ0) is 23.5. The Labute approximate surface area is 181 Å². The summed E-state index contributed by atoms with van der Waals surface area (Å²) >= 11 is 0. The number of aromatic nitrogens is 3. The Bertz CT molecular complexity index is 1030. The molecule has 3 rings (SSSR count). The molecule has 12 heteroatoms. The molecule has 0 aliphatic carbocycles. The summed E-state index contributed by atoms with van der Waals surface area (Å²) in [5, 5.41) is 0. The molecule has 0 spiro atoms. The lowest BCUT2D eigenvalue weighted by molar-refractivity contribution is -0.138. The number of pyridine rings is 1. The number of Topliss-reactive ketones (excluding diaryl/α,β-unsaturated/α-hetero) is 1. The number of nitrogens with zero attached hydrogens (tertiary/aromatic N) is 4. The van der Waals surface area contributed by atoms with Gasteiger partial charge in [0.2, 0.25) is 5.95 Å². The first-order valence-corrected chi connectivity index (χ1v) is 9.87. The van der Waals surface area contributed by atoms with Crippen LogP contribution in [0.2, 0.25) is 0 Å². The van der Waals surface area contributed by atoms with Crippen LogP contribution in [0.15, 0.2) is 29.5 Å². The third-order valence-corrected chi connectivity index (χ3v) is 4.96. The molecule has 2 aromatic rings. The molecule has 1 amide bonds. The number of piperazine rings is 1. The van der Waals surface area contributed by atoms with Gasteiger partial charge in [0.05, 0.1) is 5.56 Å². The van der Waals surface area contributed by atoms with E-state index in [1.54, 1.807) is 6.92 Å². The lowest BCUT2D eigenvalue weighted by Gasteiger charge is -2.34. The quantitative estimate of drug-likeness (QED) is 0.692. The molecule has 172 valence electrons. The fraction of sp³-hybridized carbons (Fsp3) is 0.450. The van der Waals surface area contributed by atoms with Crippen molar-refractivity contribution in [3.8, 4) is 0 Å². The lowest BCUT2D eigenvalue weighted by Crippen LogP contribution is -2.50. The molecule has 1 aliphatic heterocycles. The second kappa shape index (κ2) is 9.37. The highest BCUT2D eigenvalue weighted by Crippen LogP contribution is 2.27. The van der Waals surface area contributed by atoms with Gasteiger partial charge in [-0.3, -0.25) is 9.59 Å². The van der Waals surface area contributed by atoms with Gasteiger partial charge in [0.1, 0.15) is 11.7 Å². The fourth-order valence-corrected chi connectivity index (χ4v) is 3.23. The van der Waals surface area contributed by atoms with Crippen LogP contribution in [0.25, 0.3) is 0 Å². The van der Waals surface area contributed by atoms with Crippen LogP contribution < -0.4 is 10.5 Å². The Hall–Kier alpha value is -3.44. The number of ketones is 1. The van der Waals surface area contributed by atoms with E-state index in [-0.39, 0.29) is 17.8 Å². The largest absolute Gasteiger partial charge is 0.446 e. The van der Waals surface area contributed by atoms with Gasteiger partial charge in [0, 0.05) is 51.2 Å². The number of ether oxygens (including phenoxy) is 1. The summed E-state index contributed by atoms with van der Waals surface area (Å²) in [6.45, 7) is 4.60. The van der Waals surface area contributed by atoms with Gasteiger partial charge in [-0.15, -0.1) is 0 Å². The number of alkyl halides is 3. The van der Waals surface area contributed by atoms with Crippen LogP contribution in [0.3, 0.4) is 0 Å². The third-order valence-electron chi connectivity index (χ3n) is 4.96. The van der Waals surface area contributed by atoms with Crippen LogP contribution >= 0.6 is 0 Å². The van der Waals surface area contributed by atoms with E-state index in [9.17, 15) is 27.6 Å². The molecule has 0 unspecified atom stereocenters. The van der Waals surface area contributed by atoms with Crippen molar-refractivity contribution in [3.05, 3.63) is 51.7 Å². The van der Waals surface area contributed by atoms with E-state index in [0.29, 0.717) is 37.7 Å². The topological polar surface area (TPSA) is 108 Å². The Kier molecular flexibility index (Phi) is 6.80. The molecule has 0 aromatic carbocycles. The number of H-pyrrole nitrogens is 1. The molecule has 1 N–H and O–H groups in total. The van der Waals surface area contributed by atoms with Gasteiger partial charge >= 0.3 is 12.3 Å². The van der Waals surface area contributed by atoms with Gasteiger partial charge in [-0.05, 0) is 25.5 Å². The molecule has 0 bridgehead atoms. The molecule has 9 nitrogen and oxygen atoms in total. The standard InChI is InChI=1S/C20H22F3N5O4/c1-12(7-14-8-16(20(21,22)23)17(30)24-9-14)32-19(31)28-5-3-27(4-6-28)18-25-10-15(11-26-18)13(2)29/h8-12H,3-7H2,1-2H3,(H,24,30)/t12-/m0/s1. The van der Waals surface area contributed by atoms with E-state index in [4.69, 9.17) is 4.74 Å². The summed E-state index contributed by atoms with van der Waals surface area (Å²) in [7, 11) is 0. The van der Waals surface area contributed by atoms with E-state index in [1.807, 2.05) is 4.90 Å². The van der Waals surface area contributed by atoms with Gasteiger partial charge in [0.25, 0.3) is 5.56 Å². The second-order valence-corrected chi connectivity index (χ2v) is 7.45. The average Bonchev–Trinajstić information content (AvgIpc) is 2.74. The van der Waals surface area contributed by atoms with E-state index >= 15 is 0 Å². The molecule has 1 saturated heterocycles. The second-order valence-electron chi connectivity index (χ2n) is 7.45. The fourth-order valence-electron chi connectivity index (χ4n) is 3.23. The highest BCUT2D eigenvalue weighted by molar-refractivity contribution is 5.93. The first kappa shape index (κ1) is 23.2. The Balaban J connectivity index is 1.52. The van der Waals surface area contributed by atoms with Crippen LogP contribution in [0.1, 0.15) is 35.3 Å². The molecule has 2 aromatic heterocycles. The number of carbonyl (C=O) groups is 2. The number of nitrogens with one attached hydrogen (secondary N) is 1. The normalized spacial score (nSPS) is 15.4. The maximum atomic E-state index is 12.9. The van der Waals surface area contributed by atoms with Crippen LogP contribution in [-0.4, -0.2) is 64.0 Å². The van der Waals surface area contributed by atoms with Crippen molar-refractivity contribution in [2.75, 3.05) is 31.1 Å². The molecule has 1 atom stereocenters. The minimum Gasteiger partial charge on any atom is -0.446 e. The van der Waals surface area contributed by atoms with Gasteiger partial charge in [-0.2, -0.15) is 13.2 Å². The van der Waals surface area contributed by atoms with E-state index in [1.165, 1.54) is 30.4 Å². The van der Waals surface area contributed by atoms with Crippen LogP contribution in [0.5, 0.6) is 0 Å². The first-order chi connectivity index (χ1) is 15.0. The van der Waals surface area contributed by atoms with Crippen molar-refractivity contribution < 1.29 is 27.5 Å². The van der Waals surface area contributed by atoms with Crippen molar-refractivity contribution in [2.24, 2.45) is 0 Å². The number of anilines is 1. The summed E-state index contributed by atoms with van der Waals surface area (Å²) in [5.41, 5.74) is -1.89. The molecular formula is C20H22F3N5O4. The predicted octanol–water partition coefficient (Wildman–Crippen LogP) is 2.28. The summed E-state index contributed by atoms with van der Waals surface area (Å²) in [4.78, 5) is 48.9. The SMILES string of the molecule is CC(=O)c1cnc(N2CCN(C(=O)O[C@@H](C)Cc3c[nH]c(=O)c(C(F)(F)F)c3)CC2)nc1. The highest BCUT2D eigenvalue weighted by atomic mass is 19.4. The molecular weight excluding hydrogens is 431 g/mol.